The van der Waals surface area contributed by atoms with Crippen LogP contribution in [0.1, 0.15) is 37.1 Å². The maximum Gasteiger partial charge on any atom is 0.225 e. The Hall–Kier alpha value is -2.93. The molecule has 1 fully saturated rings. The third-order valence-electron chi connectivity index (χ3n) is 5.66. The van der Waals surface area contributed by atoms with E-state index in [1.165, 1.54) is 5.56 Å². The second-order valence-electron chi connectivity index (χ2n) is 7.93. The summed E-state index contributed by atoms with van der Waals surface area (Å²) in [5.74, 6) is 1.58. The Bertz CT molecular complexity index is 999. The van der Waals surface area contributed by atoms with Gasteiger partial charge in [0.25, 0.3) is 0 Å². The Balaban J connectivity index is 1.72. The molecule has 0 aliphatic carbocycles. The third kappa shape index (κ3) is 4.16. The molecule has 1 aromatic carbocycles. The number of nitrogens with zero attached hydrogens (tertiary/aromatic N) is 6. The van der Waals surface area contributed by atoms with Crippen LogP contribution in [0, 0.1) is 0 Å². The van der Waals surface area contributed by atoms with Crippen LogP contribution < -0.4 is 9.64 Å². The first-order valence-corrected chi connectivity index (χ1v) is 10.5. The van der Waals surface area contributed by atoms with Crippen LogP contribution in [-0.2, 0) is 13.1 Å². The van der Waals surface area contributed by atoms with Gasteiger partial charge in [-0.2, -0.15) is 5.10 Å². The van der Waals surface area contributed by atoms with E-state index in [0.29, 0.717) is 0 Å². The van der Waals surface area contributed by atoms with Gasteiger partial charge < -0.3 is 9.64 Å². The number of benzene rings is 1. The first-order valence-electron chi connectivity index (χ1n) is 10.5. The maximum atomic E-state index is 5.45. The second-order valence-corrected chi connectivity index (χ2v) is 7.93. The number of aryl methyl sites for hydroxylation is 1. The molecule has 3 heterocycles. The highest BCUT2D eigenvalue weighted by Crippen LogP contribution is 2.38. The normalized spacial score (nSPS) is 16.7. The summed E-state index contributed by atoms with van der Waals surface area (Å²) >= 11 is 0. The largest absolute Gasteiger partial charge is 0.497 e. The topological polar surface area (TPSA) is 59.3 Å². The number of rotatable bonds is 7. The Labute approximate surface area is 178 Å². The summed E-state index contributed by atoms with van der Waals surface area (Å²) in [7, 11) is 5.66. The second kappa shape index (κ2) is 8.83. The van der Waals surface area contributed by atoms with Gasteiger partial charge in [0, 0.05) is 50.7 Å². The van der Waals surface area contributed by atoms with E-state index in [1.54, 1.807) is 7.11 Å². The van der Waals surface area contributed by atoms with Gasteiger partial charge in [-0.3, -0.25) is 9.58 Å². The molecule has 0 saturated carbocycles. The fourth-order valence-corrected chi connectivity index (χ4v) is 4.09. The van der Waals surface area contributed by atoms with Crippen LogP contribution in [0.4, 0.5) is 5.95 Å². The first-order chi connectivity index (χ1) is 14.6. The lowest BCUT2D eigenvalue weighted by molar-refractivity contribution is 0.245. The van der Waals surface area contributed by atoms with Gasteiger partial charge in [-0.05, 0) is 44.0 Å². The van der Waals surface area contributed by atoms with Gasteiger partial charge in [-0.15, -0.1) is 0 Å². The zero-order chi connectivity index (χ0) is 21.1. The summed E-state index contributed by atoms with van der Waals surface area (Å²) in [5.41, 5.74) is 4.48. The Morgan fingerprint density at radius 3 is 2.83 bits per heavy atom. The van der Waals surface area contributed by atoms with Crippen molar-refractivity contribution in [3.8, 4) is 16.9 Å². The highest BCUT2D eigenvalue weighted by Gasteiger charge is 2.30. The average Bonchev–Trinajstić information content (AvgIpc) is 3.43. The van der Waals surface area contributed by atoms with E-state index in [-0.39, 0.29) is 6.04 Å². The van der Waals surface area contributed by atoms with Crippen LogP contribution in [0.3, 0.4) is 0 Å². The van der Waals surface area contributed by atoms with Crippen LogP contribution >= 0.6 is 0 Å². The highest BCUT2D eigenvalue weighted by atomic mass is 16.5. The summed E-state index contributed by atoms with van der Waals surface area (Å²) in [6.45, 7) is 4.94. The molecule has 1 aliphatic heterocycles. The van der Waals surface area contributed by atoms with E-state index in [9.17, 15) is 0 Å². The van der Waals surface area contributed by atoms with Gasteiger partial charge in [0.1, 0.15) is 5.75 Å². The molecule has 0 N–H and O–H groups in total. The molecule has 7 heteroatoms. The molecule has 1 saturated heterocycles. The fourth-order valence-electron chi connectivity index (χ4n) is 4.09. The summed E-state index contributed by atoms with van der Waals surface area (Å²) in [5, 5.41) is 4.44. The van der Waals surface area contributed by atoms with Crippen molar-refractivity contribution in [2.45, 2.75) is 38.9 Å². The molecule has 4 rings (SSSR count). The standard InChI is InChI=1S/C23H30N6O/c1-5-29-16-17(13-25-29)15-28-11-7-10-21(28)22-20(14-24-23(26-22)27(2)3)18-8-6-9-19(12-18)30-4/h6,8-9,12-14,16,21H,5,7,10-11,15H2,1-4H3/t21-/m0/s1. The molecule has 30 heavy (non-hydrogen) atoms. The van der Waals surface area contributed by atoms with E-state index < -0.39 is 0 Å². The van der Waals surface area contributed by atoms with E-state index >= 15 is 0 Å². The van der Waals surface area contributed by atoms with Gasteiger partial charge in [0.15, 0.2) is 0 Å². The molecule has 158 valence electrons. The van der Waals surface area contributed by atoms with Crippen LogP contribution in [0.15, 0.2) is 42.9 Å². The van der Waals surface area contributed by atoms with Crippen LogP contribution in [-0.4, -0.2) is 52.4 Å². The van der Waals surface area contributed by atoms with Crippen molar-refractivity contribution in [1.29, 1.82) is 0 Å². The predicted octanol–water partition coefficient (Wildman–Crippen LogP) is 3.77. The van der Waals surface area contributed by atoms with Crippen LogP contribution in [0.25, 0.3) is 11.1 Å². The molecule has 3 aromatic rings. The number of aromatic nitrogens is 4. The summed E-state index contributed by atoms with van der Waals surface area (Å²) in [6, 6.07) is 8.39. The lowest BCUT2D eigenvalue weighted by Gasteiger charge is -2.26. The van der Waals surface area contributed by atoms with Crippen molar-refractivity contribution >= 4 is 5.95 Å². The number of methoxy groups -OCH3 is 1. The van der Waals surface area contributed by atoms with E-state index in [2.05, 4.69) is 40.2 Å². The van der Waals surface area contributed by atoms with E-state index in [4.69, 9.17) is 9.72 Å². The van der Waals surface area contributed by atoms with Gasteiger partial charge in [0.2, 0.25) is 5.95 Å². The van der Waals surface area contributed by atoms with E-state index in [1.807, 2.05) is 48.2 Å². The molecule has 1 aliphatic rings. The van der Waals surface area contributed by atoms with Crippen LogP contribution in [0.5, 0.6) is 5.75 Å². The number of ether oxygens (including phenoxy) is 1. The molecule has 0 amide bonds. The molecular weight excluding hydrogens is 376 g/mol. The Morgan fingerprint density at radius 2 is 2.10 bits per heavy atom. The molecule has 2 aromatic heterocycles. The highest BCUT2D eigenvalue weighted by molar-refractivity contribution is 5.68. The number of anilines is 1. The maximum absolute atomic E-state index is 5.45. The minimum absolute atomic E-state index is 0.248. The average molecular weight is 407 g/mol. The Morgan fingerprint density at radius 1 is 1.23 bits per heavy atom. The minimum Gasteiger partial charge on any atom is -0.497 e. The van der Waals surface area contributed by atoms with Crippen molar-refractivity contribution in [1.82, 2.24) is 24.6 Å². The SMILES string of the molecule is CCn1cc(CN2CCC[C@H]2c2nc(N(C)C)ncc2-c2cccc(OC)c2)cn1. The summed E-state index contributed by atoms with van der Waals surface area (Å²) in [4.78, 5) is 14.1. The summed E-state index contributed by atoms with van der Waals surface area (Å²) < 4.78 is 7.43. The lowest BCUT2D eigenvalue weighted by Crippen LogP contribution is -2.25. The van der Waals surface area contributed by atoms with Gasteiger partial charge in [-0.25, -0.2) is 9.97 Å². The molecule has 7 nitrogen and oxygen atoms in total. The lowest BCUT2D eigenvalue weighted by atomic mass is 9.99. The molecular formula is C23H30N6O. The van der Waals surface area contributed by atoms with Crippen molar-refractivity contribution < 1.29 is 4.74 Å². The monoisotopic (exact) mass is 406 g/mol. The predicted molar refractivity (Wildman–Crippen MR) is 119 cm³/mol. The first kappa shape index (κ1) is 20.3. The van der Waals surface area contributed by atoms with Crippen molar-refractivity contribution in [3.63, 3.8) is 0 Å². The third-order valence-corrected chi connectivity index (χ3v) is 5.66. The zero-order valence-corrected chi connectivity index (χ0v) is 18.2. The quantitative estimate of drug-likeness (QED) is 0.595. The molecule has 1 atom stereocenters. The Kier molecular flexibility index (Phi) is 5.99. The smallest absolute Gasteiger partial charge is 0.225 e. The van der Waals surface area contributed by atoms with Gasteiger partial charge >= 0.3 is 0 Å². The van der Waals surface area contributed by atoms with Crippen molar-refractivity contribution in [2.24, 2.45) is 0 Å². The molecule has 0 unspecified atom stereocenters. The van der Waals surface area contributed by atoms with Gasteiger partial charge in [0.05, 0.1) is 25.0 Å². The molecule has 0 bridgehead atoms. The van der Waals surface area contributed by atoms with E-state index in [0.717, 1.165) is 61.0 Å². The van der Waals surface area contributed by atoms with Crippen molar-refractivity contribution in [2.75, 3.05) is 32.6 Å². The van der Waals surface area contributed by atoms with Crippen LogP contribution in [0.2, 0.25) is 0 Å². The zero-order valence-electron chi connectivity index (χ0n) is 18.2. The number of hydrogen-bond donors (Lipinski definition) is 0. The van der Waals surface area contributed by atoms with Gasteiger partial charge in [-0.1, -0.05) is 12.1 Å². The fraction of sp³-hybridized carbons (Fsp3) is 0.435. The molecule has 0 radical (unpaired) electrons. The van der Waals surface area contributed by atoms with Crippen molar-refractivity contribution in [3.05, 3.63) is 54.1 Å². The number of hydrogen-bond acceptors (Lipinski definition) is 6. The minimum atomic E-state index is 0.248. The number of likely N-dealkylation sites (tertiary alicyclic amines) is 1. The molecule has 0 spiro atoms. The summed E-state index contributed by atoms with van der Waals surface area (Å²) in [6.07, 6.45) is 8.32.